The molecule has 0 saturated carbocycles. The summed E-state index contributed by atoms with van der Waals surface area (Å²) in [5.74, 6) is -1.48. The number of alkyl halides is 5. The summed E-state index contributed by atoms with van der Waals surface area (Å²) in [7, 11) is 2.01. The highest BCUT2D eigenvalue weighted by Crippen LogP contribution is 2.36. The van der Waals surface area contributed by atoms with E-state index in [0.717, 1.165) is 14.2 Å². The second-order valence-electron chi connectivity index (χ2n) is 3.63. The Morgan fingerprint density at radius 3 is 2.35 bits per heavy atom. The molecule has 0 unspecified atom stereocenters. The van der Waals surface area contributed by atoms with Gasteiger partial charge in [-0.3, -0.25) is 4.79 Å². The van der Waals surface area contributed by atoms with Crippen molar-refractivity contribution < 1.29 is 36.2 Å². The lowest BCUT2D eigenvalue weighted by molar-refractivity contribution is -0.143. The lowest BCUT2D eigenvalue weighted by Crippen LogP contribution is -2.17. The third-order valence-electron chi connectivity index (χ3n) is 2.35. The van der Waals surface area contributed by atoms with Crippen LogP contribution in [0.15, 0.2) is 6.07 Å². The molecular weight excluding hydrogens is 289 g/mol. The van der Waals surface area contributed by atoms with E-state index in [1.165, 1.54) is 0 Å². The SMILES string of the molecule is COC(=O)Cc1cc(OC)c(C(F)F)nc1C(F)(F)F. The van der Waals surface area contributed by atoms with Crippen LogP contribution in [0.1, 0.15) is 23.4 Å². The summed E-state index contributed by atoms with van der Waals surface area (Å²) in [6.45, 7) is 0. The fourth-order valence-electron chi connectivity index (χ4n) is 1.48. The van der Waals surface area contributed by atoms with E-state index in [1.54, 1.807) is 0 Å². The largest absolute Gasteiger partial charge is 0.495 e. The van der Waals surface area contributed by atoms with Crippen molar-refractivity contribution in [1.82, 2.24) is 4.98 Å². The summed E-state index contributed by atoms with van der Waals surface area (Å²) in [4.78, 5) is 14.0. The Morgan fingerprint density at radius 1 is 1.35 bits per heavy atom. The van der Waals surface area contributed by atoms with Gasteiger partial charge in [-0.15, -0.1) is 0 Å². The molecule has 0 atom stereocenters. The molecule has 9 heteroatoms. The molecule has 0 aliphatic rings. The van der Waals surface area contributed by atoms with E-state index < -0.39 is 47.7 Å². The first-order valence-corrected chi connectivity index (χ1v) is 5.20. The van der Waals surface area contributed by atoms with Crippen molar-refractivity contribution in [1.29, 1.82) is 0 Å². The zero-order valence-corrected chi connectivity index (χ0v) is 10.4. The van der Waals surface area contributed by atoms with Crippen LogP contribution < -0.4 is 4.74 Å². The Bertz CT molecular complexity index is 502. The molecule has 4 nitrogen and oxygen atoms in total. The monoisotopic (exact) mass is 299 g/mol. The van der Waals surface area contributed by atoms with Gasteiger partial charge in [0.25, 0.3) is 6.43 Å². The summed E-state index contributed by atoms with van der Waals surface area (Å²) in [6.07, 6.45) is -8.96. The van der Waals surface area contributed by atoms with E-state index in [-0.39, 0.29) is 0 Å². The molecule has 0 aliphatic carbocycles. The normalized spacial score (nSPS) is 11.6. The molecule has 0 bridgehead atoms. The standard InChI is InChI=1S/C11H10F5NO3/c1-19-6-3-5(4-7(18)20-2)9(11(14,15)16)17-8(6)10(12)13/h3,10H,4H2,1-2H3. The average molecular weight is 299 g/mol. The molecule has 0 N–H and O–H groups in total. The number of pyridine rings is 1. The predicted octanol–water partition coefficient (Wildman–Crippen LogP) is 2.76. The smallest absolute Gasteiger partial charge is 0.433 e. The van der Waals surface area contributed by atoms with Crippen molar-refractivity contribution in [3.05, 3.63) is 23.0 Å². The average Bonchev–Trinajstić information content (AvgIpc) is 2.36. The maximum absolute atomic E-state index is 12.8. The molecule has 1 aromatic rings. The fourth-order valence-corrected chi connectivity index (χ4v) is 1.48. The van der Waals surface area contributed by atoms with Crippen LogP contribution in [0.25, 0.3) is 0 Å². The Morgan fingerprint density at radius 2 is 1.95 bits per heavy atom. The first kappa shape index (κ1) is 16.1. The van der Waals surface area contributed by atoms with E-state index in [4.69, 9.17) is 0 Å². The molecule has 0 aliphatic heterocycles. The number of nitrogens with zero attached hydrogens (tertiary/aromatic N) is 1. The highest BCUT2D eigenvalue weighted by Gasteiger charge is 2.38. The summed E-state index contributed by atoms with van der Waals surface area (Å²) in [6, 6.07) is 0.717. The summed E-state index contributed by atoms with van der Waals surface area (Å²) < 4.78 is 72.4. The number of hydrogen-bond donors (Lipinski definition) is 0. The zero-order chi connectivity index (χ0) is 15.5. The number of halogens is 5. The lowest BCUT2D eigenvalue weighted by atomic mass is 10.1. The molecule has 20 heavy (non-hydrogen) atoms. The number of esters is 1. The molecule has 0 saturated heterocycles. The first-order chi connectivity index (χ1) is 9.20. The number of rotatable bonds is 4. The van der Waals surface area contributed by atoms with Crippen LogP contribution in [0.5, 0.6) is 5.75 Å². The van der Waals surface area contributed by atoms with Crippen LogP contribution in [0, 0.1) is 0 Å². The van der Waals surface area contributed by atoms with Gasteiger partial charge < -0.3 is 9.47 Å². The van der Waals surface area contributed by atoms with E-state index in [2.05, 4.69) is 14.5 Å². The number of hydrogen-bond acceptors (Lipinski definition) is 4. The molecule has 1 heterocycles. The summed E-state index contributed by atoms with van der Waals surface area (Å²) in [5.41, 5.74) is -3.28. The number of carbonyl (C=O) groups is 1. The van der Waals surface area contributed by atoms with E-state index in [0.29, 0.717) is 6.07 Å². The van der Waals surface area contributed by atoms with Gasteiger partial charge >= 0.3 is 12.1 Å². The second-order valence-corrected chi connectivity index (χ2v) is 3.63. The van der Waals surface area contributed by atoms with E-state index in [1.807, 2.05) is 0 Å². The molecule has 112 valence electrons. The quantitative estimate of drug-likeness (QED) is 0.633. The van der Waals surface area contributed by atoms with Crippen molar-refractivity contribution in [2.24, 2.45) is 0 Å². The molecule has 1 rings (SSSR count). The summed E-state index contributed by atoms with van der Waals surface area (Å²) >= 11 is 0. The lowest BCUT2D eigenvalue weighted by Gasteiger charge is -2.15. The highest BCUT2D eigenvalue weighted by molar-refractivity contribution is 5.73. The van der Waals surface area contributed by atoms with E-state index >= 15 is 0 Å². The minimum Gasteiger partial charge on any atom is -0.495 e. The predicted molar refractivity (Wildman–Crippen MR) is 56.5 cm³/mol. The van der Waals surface area contributed by atoms with Gasteiger partial charge in [-0.05, 0) is 11.6 Å². The fraction of sp³-hybridized carbons (Fsp3) is 0.455. The van der Waals surface area contributed by atoms with Gasteiger partial charge in [-0.25, -0.2) is 13.8 Å². The van der Waals surface area contributed by atoms with Gasteiger partial charge in [0.1, 0.15) is 17.1 Å². The van der Waals surface area contributed by atoms with Crippen molar-refractivity contribution in [2.45, 2.75) is 19.0 Å². The Hall–Kier alpha value is -1.93. The number of aromatic nitrogens is 1. The van der Waals surface area contributed by atoms with Gasteiger partial charge in [0.05, 0.1) is 20.6 Å². The van der Waals surface area contributed by atoms with Gasteiger partial charge in [0.2, 0.25) is 0 Å². The summed E-state index contributed by atoms with van der Waals surface area (Å²) in [5, 5.41) is 0. The minimum atomic E-state index is -4.97. The zero-order valence-electron chi connectivity index (χ0n) is 10.4. The van der Waals surface area contributed by atoms with Crippen molar-refractivity contribution in [3.63, 3.8) is 0 Å². The van der Waals surface area contributed by atoms with Gasteiger partial charge in [-0.2, -0.15) is 13.2 Å². The van der Waals surface area contributed by atoms with Crippen LogP contribution in [-0.2, 0) is 22.1 Å². The molecule has 0 aromatic carbocycles. The highest BCUT2D eigenvalue weighted by atomic mass is 19.4. The third kappa shape index (κ3) is 3.55. The van der Waals surface area contributed by atoms with Crippen molar-refractivity contribution >= 4 is 5.97 Å². The van der Waals surface area contributed by atoms with Crippen molar-refractivity contribution in [3.8, 4) is 5.75 Å². The van der Waals surface area contributed by atoms with Crippen LogP contribution >= 0.6 is 0 Å². The maximum Gasteiger partial charge on any atom is 0.433 e. The molecule has 1 aromatic heterocycles. The Balaban J connectivity index is 3.43. The minimum absolute atomic E-state index is 0.521. The third-order valence-corrected chi connectivity index (χ3v) is 2.35. The Kier molecular flexibility index (Phi) is 4.85. The van der Waals surface area contributed by atoms with Gasteiger partial charge in [0, 0.05) is 0 Å². The van der Waals surface area contributed by atoms with Crippen LogP contribution in [-0.4, -0.2) is 25.2 Å². The number of carbonyl (C=O) groups excluding carboxylic acids is 1. The molecule has 0 radical (unpaired) electrons. The molecular formula is C11H10F5NO3. The van der Waals surface area contributed by atoms with Crippen molar-refractivity contribution in [2.75, 3.05) is 14.2 Å². The van der Waals surface area contributed by atoms with Crippen LogP contribution in [0.3, 0.4) is 0 Å². The van der Waals surface area contributed by atoms with Crippen LogP contribution in [0.4, 0.5) is 22.0 Å². The number of ether oxygens (including phenoxy) is 2. The van der Waals surface area contributed by atoms with Gasteiger partial charge in [0.15, 0.2) is 0 Å². The molecule has 0 fully saturated rings. The topological polar surface area (TPSA) is 48.4 Å². The first-order valence-electron chi connectivity index (χ1n) is 5.20. The number of methoxy groups -OCH3 is 2. The Labute approximate surface area is 110 Å². The maximum atomic E-state index is 12.8. The van der Waals surface area contributed by atoms with Crippen LogP contribution in [0.2, 0.25) is 0 Å². The second kappa shape index (κ2) is 6.02. The molecule has 0 spiro atoms. The van der Waals surface area contributed by atoms with E-state index in [9.17, 15) is 26.7 Å². The molecule has 0 amide bonds. The van der Waals surface area contributed by atoms with Gasteiger partial charge in [-0.1, -0.05) is 0 Å².